The third kappa shape index (κ3) is 2.65. The first kappa shape index (κ1) is 18.3. The summed E-state index contributed by atoms with van der Waals surface area (Å²) in [5.74, 6) is 1.01. The second-order valence-corrected chi connectivity index (χ2v) is 9.31. The smallest absolute Gasteiger partial charge is 0.262 e. The maximum Gasteiger partial charge on any atom is 0.262 e. The molecule has 8 heteroatoms. The lowest BCUT2D eigenvalue weighted by Gasteiger charge is -2.26. The highest BCUT2D eigenvalue weighted by Gasteiger charge is 2.46. The van der Waals surface area contributed by atoms with Crippen molar-refractivity contribution in [1.82, 2.24) is 19.8 Å². The lowest BCUT2D eigenvalue weighted by Crippen LogP contribution is -2.35. The lowest BCUT2D eigenvalue weighted by molar-refractivity contribution is -0.135. The number of fused-ring (bicyclic) bond motifs is 6. The predicted molar refractivity (Wildman–Crippen MR) is 108 cm³/mol. The Labute approximate surface area is 167 Å². The minimum atomic E-state index is -0.138. The second-order valence-electron chi connectivity index (χ2n) is 8.22. The van der Waals surface area contributed by atoms with Gasteiger partial charge in [-0.15, -0.1) is 11.3 Å². The van der Waals surface area contributed by atoms with Gasteiger partial charge in [0.25, 0.3) is 5.56 Å². The highest BCUT2D eigenvalue weighted by atomic mass is 32.1. The first-order valence-corrected chi connectivity index (χ1v) is 10.9. The monoisotopic (exact) mass is 402 g/mol. The van der Waals surface area contributed by atoms with Crippen LogP contribution in [0.15, 0.2) is 4.79 Å². The number of hydrogen-bond donors (Lipinski definition) is 1. The molecule has 2 aromatic heterocycles. The molecule has 2 aromatic rings. The molecule has 3 aliphatic rings. The molecule has 3 atom stereocenters. The highest BCUT2D eigenvalue weighted by molar-refractivity contribution is 7.18. The molecule has 0 radical (unpaired) electrons. The molecule has 4 heterocycles. The number of nitrogens with one attached hydrogen (secondary N) is 1. The number of rotatable bonds is 3. The van der Waals surface area contributed by atoms with E-state index in [9.17, 15) is 9.59 Å². The summed E-state index contributed by atoms with van der Waals surface area (Å²) in [6, 6.07) is -0.107. The summed E-state index contributed by atoms with van der Waals surface area (Å²) in [6.45, 7) is 2.75. The van der Waals surface area contributed by atoms with E-state index in [1.165, 1.54) is 10.4 Å². The van der Waals surface area contributed by atoms with Gasteiger partial charge in [0.05, 0.1) is 23.9 Å². The molecular formula is C20H26N4O3S. The topological polar surface area (TPSA) is 76.5 Å². The van der Waals surface area contributed by atoms with Crippen molar-refractivity contribution in [1.29, 1.82) is 0 Å². The van der Waals surface area contributed by atoms with Crippen molar-refractivity contribution in [3.05, 3.63) is 26.6 Å². The Balaban J connectivity index is 1.72. The molecule has 150 valence electrons. The van der Waals surface area contributed by atoms with Gasteiger partial charge in [-0.3, -0.25) is 14.2 Å². The van der Waals surface area contributed by atoms with Gasteiger partial charge in [0, 0.05) is 32.2 Å². The Morgan fingerprint density at radius 1 is 1.32 bits per heavy atom. The zero-order valence-electron chi connectivity index (χ0n) is 16.4. The second kappa shape index (κ2) is 6.93. The normalized spacial score (nSPS) is 26.9. The molecule has 28 heavy (non-hydrogen) atoms. The fraction of sp³-hybridized carbons (Fsp3) is 0.650. The van der Waals surface area contributed by atoms with Gasteiger partial charge in [-0.1, -0.05) is 0 Å². The van der Waals surface area contributed by atoms with E-state index >= 15 is 0 Å². The van der Waals surface area contributed by atoms with Gasteiger partial charge >= 0.3 is 0 Å². The average Bonchev–Trinajstić information content (AvgIpc) is 3.24. The van der Waals surface area contributed by atoms with E-state index in [4.69, 9.17) is 9.72 Å². The summed E-state index contributed by atoms with van der Waals surface area (Å²) in [4.78, 5) is 35.6. The van der Waals surface area contributed by atoms with Crippen molar-refractivity contribution < 1.29 is 9.53 Å². The minimum absolute atomic E-state index is 0.0572. The number of hydrogen-bond acceptors (Lipinski definition) is 6. The molecule has 1 N–H and O–H groups in total. The lowest BCUT2D eigenvalue weighted by atomic mass is 9.94. The van der Waals surface area contributed by atoms with Crippen LogP contribution < -0.4 is 10.9 Å². The quantitative estimate of drug-likeness (QED) is 0.845. The van der Waals surface area contributed by atoms with Crippen LogP contribution in [-0.4, -0.2) is 47.7 Å². The van der Waals surface area contributed by atoms with Crippen LogP contribution in [0.3, 0.4) is 0 Å². The molecule has 0 bridgehead atoms. The number of amides is 1. The number of aromatic nitrogens is 2. The van der Waals surface area contributed by atoms with Crippen molar-refractivity contribution in [3.8, 4) is 0 Å². The summed E-state index contributed by atoms with van der Waals surface area (Å²) < 4.78 is 7.21. The molecule has 3 unspecified atom stereocenters. The fourth-order valence-electron chi connectivity index (χ4n) is 5.33. The Morgan fingerprint density at radius 3 is 3.00 bits per heavy atom. The molecule has 5 rings (SSSR count). The van der Waals surface area contributed by atoms with Crippen LogP contribution in [0.25, 0.3) is 10.2 Å². The number of methoxy groups -OCH3 is 1. The van der Waals surface area contributed by atoms with Crippen LogP contribution in [-0.2, 0) is 29.0 Å². The van der Waals surface area contributed by atoms with E-state index in [0.29, 0.717) is 13.2 Å². The van der Waals surface area contributed by atoms with Gasteiger partial charge < -0.3 is 15.0 Å². The van der Waals surface area contributed by atoms with E-state index in [2.05, 4.69) is 5.32 Å². The minimum Gasteiger partial charge on any atom is -0.385 e. The summed E-state index contributed by atoms with van der Waals surface area (Å²) in [5, 5.41) is 4.18. The molecule has 7 nitrogen and oxygen atoms in total. The third-order valence-electron chi connectivity index (χ3n) is 6.66. The Bertz CT molecular complexity index is 997. The van der Waals surface area contributed by atoms with Gasteiger partial charge in [0.15, 0.2) is 0 Å². The van der Waals surface area contributed by atoms with Crippen molar-refractivity contribution in [2.45, 2.75) is 44.8 Å². The van der Waals surface area contributed by atoms with E-state index in [-0.39, 0.29) is 29.3 Å². The van der Waals surface area contributed by atoms with Crippen LogP contribution in [0.4, 0.5) is 0 Å². The number of nitrogens with zero attached hydrogens (tertiary/aromatic N) is 3. The highest BCUT2D eigenvalue weighted by Crippen LogP contribution is 2.45. The van der Waals surface area contributed by atoms with Gasteiger partial charge in [0.1, 0.15) is 10.7 Å². The van der Waals surface area contributed by atoms with Gasteiger partial charge in [0.2, 0.25) is 5.91 Å². The number of ether oxygens (including phenoxy) is 1. The average molecular weight is 403 g/mol. The first-order valence-electron chi connectivity index (χ1n) is 10.1. The van der Waals surface area contributed by atoms with Crippen LogP contribution in [0, 0.1) is 11.8 Å². The molecule has 1 saturated carbocycles. The van der Waals surface area contributed by atoms with E-state index < -0.39 is 0 Å². The van der Waals surface area contributed by atoms with E-state index in [1.54, 1.807) is 23.3 Å². The van der Waals surface area contributed by atoms with Crippen LogP contribution in [0.2, 0.25) is 0 Å². The molecule has 0 spiro atoms. The number of thiophene rings is 1. The predicted octanol–water partition coefficient (Wildman–Crippen LogP) is 1.68. The van der Waals surface area contributed by atoms with Crippen LogP contribution in [0.5, 0.6) is 0 Å². The van der Waals surface area contributed by atoms with Crippen molar-refractivity contribution in [2.75, 3.05) is 27.3 Å². The van der Waals surface area contributed by atoms with Crippen molar-refractivity contribution >= 4 is 27.5 Å². The first-order chi connectivity index (χ1) is 13.6. The zero-order valence-corrected chi connectivity index (χ0v) is 17.2. The van der Waals surface area contributed by atoms with Crippen LogP contribution >= 0.6 is 11.3 Å². The molecule has 0 saturated heterocycles. The third-order valence-corrected chi connectivity index (χ3v) is 7.78. The van der Waals surface area contributed by atoms with Crippen molar-refractivity contribution in [3.63, 3.8) is 0 Å². The number of carbonyl (C=O) groups excluding carboxylic acids is 1. The van der Waals surface area contributed by atoms with Crippen molar-refractivity contribution in [2.24, 2.45) is 11.8 Å². The van der Waals surface area contributed by atoms with E-state index in [1.807, 2.05) is 11.6 Å². The fourth-order valence-corrected chi connectivity index (χ4v) is 6.53. The van der Waals surface area contributed by atoms with Gasteiger partial charge in [-0.05, 0) is 43.7 Å². The largest absolute Gasteiger partial charge is 0.385 e. The zero-order chi connectivity index (χ0) is 19.4. The molecule has 1 aliphatic carbocycles. The molecular weight excluding hydrogens is 376 g/mol. The van der Waals surface area contributed by atoms with Crippen LogP contribution in [0.1, 0.15) is 41.6 Å². The maximum atomic E-state index is 13.8. The SMILES string of the molecule is COCCC1CCC2C(=O)N(C)Cc3nc4sc5c(c4c(=O)n3C12)CCNC5. The Kier molecular flexibility index (Phi) is 4.52. The summed E-state index contributed by atoms with van der Waals surface area (Å²) in [6.07, 6.45) is 3.52. The van der Waals surface area contributed by atoms with Gasteiger partial charge in [-0.2, -0.15) is 0 Å². The van der Waals surface area contributed by atoms with Gasteiger partial charge in [-0.25, -0.2) is 4.98 Å². The molecule has 1 amide bonds. The molecule has 1 fully saturated rings. The standard InChI is InChI=1S/C20H26N4O3S/c1-23-10-15-22-18-16(12-5-7-21-9-14(12)28-18)20(26)24(15)17-11(6-8-27-2)3-4-13(17)19(23)25/h11,13,17,21H,3-10H2,1-2H3. The summed E-state index contributed by atoms with van der Waals surface area (Å²) >= 11 is 1.63. The summed E-state index contributed by atoms with van der Waals surface area (Å²) in [7, 11) is 3.53. The Morgan fingerprint density at radius 2 is 2.18 bits per heavy atom. The van der Waals surface area contributed by atoms with E-state index in [0.717, 1.165) is 54.8 Å². The number of carbonyl (C=O) groups is 1. The Hall–Kier alpha value is -1.77. The summed E-state index contributed by atoms with van der Waals surface area (Å²) in [5.41, 5.74) is 1.22. The maximum absolute atomic E-state index is 13.8. The molecule has 2 aliphatic heterocycles. The molecule has 0 aromatic carbocycles.